The molecule has 0 aliphatic heterocycles. The Morgan fingerprint density at radius 3 is 2.52 bits per heavy atom. The van der Waals surface area contributed by atoms with Gasteiger partial charge in [-0.2, -0.15) is 0 Å². The lowest BCUT2D eigenvalue weighted by Crippen LogP contribution is -2.03. The van der Waals surface area contributed by atoms with Crippen molar-refractivity contribution in [2.75, 3.05) is 5.32 Å². The summed E-state index contributed by atoms with van der Waals surface area (Å²) < 4.78 is 0. The van der Waals surface area contributed by atoms with E-state index in [1.807, 2.05) is 61.5 Å². The Balaban J connectivity index is 1.88. The summed E-state index contributed by atoms with van der Waals surface area (Å²) in [5.74, 6) is 0. The molecule has 2 nitrogen and oxygen atoms in total. The summed E-state index contributed by atoms with van der Waals surface area (Å²) in [5.41, 5.74) is 4.87. The molecule has 0 saturated carbocycles. The predicted molar refractivity (Wildman–Crippen MR) is 101 cm³/mol. The van der Waals surface area contributed by atoms with Gasteiger partial charge in [-0.05, 0) is 48.4 Å². The zero-order valence-electron chi connectivity index (χ0n) is 12.6. The fraction of sp³-hybridized carbons (Fsp3) is 0.0526. The van der Waals surface area contributed by atoms with Crippen LogP contribution in [0.1, 0.15) is 16.7 Å². The van der Waals surface area contributed by atoms with Crippen LogP contribution < -0.4 is 5.32 Å². The number of aryl methyl sites for hydroxylation is 1. The lowest BCUT2D eigenvalue weighted by atomic mass is 10.00. The van der Waals surface area contributed by atoms with Crippen molar-refractivity contribution in [3.05, 3.63) is 88.7 Å². The number of nitrogens with zero attached hydrogens (tertiary/aromatic N) is 1. The lowest BCUT2D eigenvalue weighted by molar-refractivity contribution is 1.32. The van der Waals surface area contributed by atoms with Gasteiger partial charge < -0.3 is 5.32 Å². The molecule has 1 aromatic heterocycles. The highest BCUT2D eigenvalue weighted by molar-refractivity contribution is 7.81. The standard InChI is InChI=1S/C19H15ClN2S/c1-13-5-2-3-7-16(13)19(23)17-9-8-14(11-18(17)20)22-15-6-4-10-21-12-15/h2-12,22H,1H3. The summed E-state index contributed by atoms with van der Waals surface area (Å²) in [6.07, 6.45) is 3.50. The Morgan fingerprint density at radius 1 is 1.00 bits per heavy atom. The van der Waals surface area contributed by atoms with E-state index in [4.69, 9.17) is 23.8 Å². The number of benzene rings is 2. The highest BCUT2D eigenvalue weighted by Gasteiger charge is 2.11. The Kier molecular flexibility index (Phi) is 4.70. The van der Waals surface area contributed by atoms with E-state index in [1.165, 1.54) is 0 Å². The zero-order valence-corrected chi connectivity index (χ0v) is 14.2. The Hall–Kier alpha value is -2.23. The number of pyridine rings is 1. The van der Waals surface area contributed by atoms with Crippen molar-refractivity contribution in [3.8, 4) is 0 Å². The van der Waals surface area contributed by atoms with Crippen LogP contribution >= 0.6 is 23.8 Å². The van der Waals surface area contributed by atoms with Crippen LogP contribution in [0.4, 0.5) is 11.4 Å². The molecule has 0 bridgehead atoms. The van der Waals surface area contributed by atoms with Gasteiger partial charge in [0.1, 0.15) is 0 Å². The van der Waals surface area contributed by atoms with Crippen molar-refractivity contribution in [2.45, 2.75) is 6.92 Å². The molecule has 0 unspecified atom stereocenters. The number of aromatic nitrogens is 1. The first-order chi connectivity index (χ1) is 11.1. The minimum atomic E-state index is 0.632. The molecule has 1 heterocycles. The quantitative estimate of drug-likeness (QED) is 0.498. The summed E-state index contributed by atoms with van der Waals surface area (Å²) in [5, 5.41) is 3.90. The van der Waals surface area contributed by atoms with Crippen molar-refractivity contribution >= 4 is 40.1 Å². The van der Waals surface area contributed by atoms with Gasteiger partial charge in [0.15, 0.2) is 0 Å². The number of halogens is 1. The molecule has 0 aliphatic rings. The van der Waals surface area contributed by atoms with Crippen LogP contribution in [-0.4, -0.2) is 9.85 Å². The van der Waals surface area contributed by atoms with Crippen LogP contribution in [0.3, 0.4) is 0 Å². The molecule has 3 aromatic rings. The monoisotopic (exact) mass is 338 g/mol. The van der Waals surface area contributed by atoms with Crippen molar-refractivity contribution < 1.29 is 0 Å². The minimum Gasteiger partial charge on any atom is -0.354 e. The highest BCUT2D eigenvalue weighted by atomic mass is 35.5. The van der Waals surface area contributed by atoms with Gasteiger partial charge in [0, 0.05) is 17.4 Å². The molecule has 2 aromatic carbocycles. The number of anilines is 2. The number of hydrogen-bond acceptors (Lipinski definition) is 3. The van der Waals surface area contributed by atoms with Crippen LogP contribution in [0, 0.1) is 6.92 Å². The van der Waals surface area contributed by atoms with Gasteiger partial charge in [-0.15, -0.1) is 0 Å². The second-order valence-electron chi connectivity index (χ2n) is 5.21. The average molecular weight is 339 g/mol. The van der Waals surface area contributed by atoms with Crippen LogP contribution in [0.25, 0.3) is 0 Å². The summed E-state index contributed by atoms with van der Waals surface area (Å²) in [4.78, 5) is 4.85. The van der Waals surface area contributed by atoms with Gasteiger partial charge >= 0.3 is 0 Å². The molecule has 0 spiro atoms. The van der Waals surface area contributed by atoms with E-state index in [1.54, 1.807) is 12.4 Å². The van der Waals surface area contributed by atoms with E-state index in [9.17, 15) is 0 Å². The molecule has 3 rings (SSSR count). The van der Waals surface area contributed by atoms with E-state index in [0.717, 1.165) is 32.9 Å². The maximum absolute atomic E-state index is 6.45. The molecule has 0 radical (unpaired) electrons. The predicted octanol–water partition coefficient (Wildman–Crippen LogP) is 5.55. The van der Waals surface area contributed by atoms with Crippen molar-refractivity contribution in [3.63, 3.8) is 0 Å². The van der Waals surface area contributed by atoms with E-state index in [0.29, 0.717) is 5.02 Å². The largest absolute Gasteiger partial charge is 0.354 e. The van der Waals surface area contributed by atoms with Crippen LogP contribution in [0.15, 0.2) is 67.0 Å². The van der Waals surface area contributed by atoms with Crippen LogP contribution in [0.5, 0.6) is 0 Å². The number of hydrogen-bond donors (Lipinski definition) is 1. The SMILES string of the molecule is Cc1ccccc1C(=S)c1ccc(Nc2cccnc2)cc1Cl. The van der Waals surface area contributed by atoms with Crippen LogP contribution in [-0.2, 0) is 0 Å². The first-order valence-corrected chi connectivity index (χ1v) is 8.01. The molecular weight excluding hydrogens is 324 g/mol. The maximum Gasteiger partial charge on any atom is 0.0570 e. The second kappa shape index (κ2) is 6.90. The Morgan fingerprint density at radius 2 is 1.83 bits per heavy atom. The first kappa shape index (κ1) is 15.7. The maximum atomic E-state index is 6.45. The van der Waals surface area contributed by atoms with Crippen molar-refractivity contribution in [1.82, 2.24) is 4.98 Å². The zero-order chi connectivity index (χ0) is 16.2. The number of thiocarbonyl (C=S) groups is 1. The molecule has 0 fully saturated rings. The Bertz CT molecular complexity index is 847. The summed E-state index contributed by atoms with van der Waals surface area (Å²) in [6.45, 7) is 2.05. The molecule has 0 saturated heterocycles. The van der Waals surface area contributed by atoms with Crippen LogP contribution in [0.2, 0.25) is 5.02 Å². The van der Waals surface area contributed by atoms with Gasteiger partial charge in [0.25, 0.3) is 0 Å². The molecule has 0 aliphatic carbocycles. The lowest BCUT2D eigenvalue weighted by Gasteiger charge is -2.12. The first-order valence-electron chi connectivity index (χ1n) is 7.22. The minimum absolute atomic E-state index is 0.632. The molecule has 114 valence electrons. The van der Waals surface area contributed by atoms with Gasteiger partial charge in [0.05, 0.1) is 21.8 Å². The van der Waals surface area contributed by atoms with Gasteiger partial charge in [-0.25, -0.2) is 0 Å². The summed E-state index contributed by atoms with van der Waals surface area (Å²) in [7, 11) is 0. The summed E-state index contributed by atoms with van der Waals surface area (Å²) >= 11 is 12.1. The molecule has 23 heavy (non-hydrogen) atoms. The average Bonchev–Trinajstić information content (AvgIpc) is 2.56. The number of rotatable bonds is 4. The third-order valence-electron chi connectivity index (χ3n) is 3.55. The third kappa shape index (κ3) is 3.58. The summed E-state index contributed by atoms with van der Waals surface area (Å²) in [6, 6.07) is 17.7. The third-order valence-corrected chi connectivity index (χ3v) is 4.31. The topological polar surface area (TPSA) is 24.9 Å². The fourth-order valence-corrected chi connectivity index (χ4v) is 3.09. The second-order valence-corrected chi connectivity index (χ2v) is 6.02. The Labute approximate surface area is 146 Å². The van der Waals surface area contributed by atoms with Crippen molar-refractivity contribution in [2.24, 2.45) is 0 Å². The van der Waals surface area contributed by atoms with E-state index >= 15 is 0 Å². The fourth-order valence-electron chi connectivity index (χ4n) is 2.35. The van der Waals surface area contributed by atoms with Gasteiger partial charge in [-0.3, -0.25) is 4.98 Å². The van der Waals surface area contributed by atoms with Gasteiger partial charge in [0.2, 0.25) is 0 Å². The molecule has 0 atom stereocenters. The van der Waals surface area contributed by atoms with Crippen molar-refractivity contribution in [1.29, 1.82) is 0 Å². The normalized spacial score (nSPS) is 10.3. The molecule has 0 amide bonds. The van der Waals surface area contributed by atoms with E-state index in [-0.39, 0.29) is 0 Å². The highest BCUT2D eigenvalue weighted by Crippen LogP contribution is 2.26. The van der Waals surface area contributed by atoms with E-state index in [2.05, 4.69) is 10.3 Å². The molecular formula is C19H15ClN2S. The van der Waals surface area contributed by atoms with E-state index < -0.39 is 0 Å². The number of nitrogens with one attached hydrogen (secondary N) is 1. The molecule has 4 heteroatoms. The smallest absolute Gasteiger partial charge is 0.0570 e. The van der Waals surface area contributed by atoms with Gasteiger partial charge in [-0.1, -0.05) is 48.1 Å². The molecule has 1 N–H and O–H groups in total.